The number of nitrogens with one attached hydrogen (secondary N) is 1. The molecule has 55 heavy (non-hydrogen) atoms. The number of nitrogens with zero attached hydrogens (tertiary/aromatic N) is 4. The van der Waals surface area contributed by atoms with Crippen LogP contribution >= 0.6 is 0 Å². The molecule has 5 nitrogen and oxygen atoms in total. The molecular weight excluding hydrogens is 671 g/mol. The molecule has 0 bridgehead atoms. The normalized spacial score (nSPS) is 12.0. The van der Waals surface area contributed by atoms with Crippen LogP contribution in [0.4, 0.5) is 0 Å². The van der Waals surface area contributed by atoms with Gasteiger partial charge in [0.25, 0.3) is 0 Å². The maximum Gasteiger partial charge on any atom is 0.235 e. The Bertz CT molecular complexity index is 3480. The van der Waals surface area contributed by atoms with Crippen LogP contribution in [0.2, 0.25) is 0 Å². The van der Waals surface area contributed by atoms with Crippen molar-refractivity contribution in [2.75, 3.05) is 0 Å². The Balaban J connectivity index is 1.10. The summed E-state index contributed by atoms with van der Waals surface area (Å²) in [5.74, 6) is 0.646. The number of H-pyrrole nitrogens is 1. The molecule has 0 spiro atoms. The third-order valence-electron chi connectivity index (χ3n) is 11.3. The Hall–Kier alpha value is -7.50. The van der Waals surface area contributed by atoms with Crippen molar-refractivity contribution >= 4 is 76.3 Å². The van der Waals surface area contributed by atoms with Gasteiger partial charge in [-0.1, -0.05) is 133 Å². The lowest BCUT2D eigenvalue weighted by molar-refractivity contribution is 1.01. The fourth-order valence-corrected chi connectivity index (χ4v) is 8.77. The smallest absolute Gasteiger partial charge is 0.235 e. The zero-order valence-corrected chi connectivity index (χ0v) is 29.6. The molecule has 0 aliphatic heterocycles. The maximum atomic E-state index is 5.39. The molecular formula is C50H31N5. The van der Waals surface area contributed by atoms with Gasteiger partial charge in [-0.3, -0.25) is 4.57 Å². The van der Waals surface area contributed by atoms with E-state index in [0.717, 1.165) is 66.3 Å². The molecule has 12 aromatic rings. The highest BCUT2D eigenvalue weighted by atomic mass is 15.2. The summed E-state index contributed by atoms with van der Waals surface area (Å²) in [6.07, 6.45) is 0. The summed E-state index contributed by atoms with van der Waals surface area (Å²) in [6, 6.07) is 64.9. The first kappa shape index (κ1) is 30.0. The van der Waals surface area contributed by atoms with Crippen molar-refractivity contribution in [3.8, 4) is 34.0 Å². The zero-order chi connectivity index (χ0) is 36.0. The predicted molar refractivity (Wildman–Crippen MR) is 228 cm³/mol. The molecule has 0 fully saturated rings. The van der Waals surface area contributed by atoms with Crippen LogP contribution in [-0.2, 0) is 0 Å². The molecule has 0 saturated carbocycles. The highest BCUT2D eigenvalue weighted by Crippen LogP contribution is 2.40. The SMILES string of the molecule is c1ccc(-c2nc(-n3c4ccccc4c4cc(-c5ccc6c7ccccc7n(-c7ccccc7)c6c5)ccc43)nc3c2[nH]c2c4ccccc4ccc32)cc1. The van der Waals surface area contributed by atoms with Crippen molar-refractivity contribution in [1.29, 1.82) is 0 Å². The van der Waals surface area contributed by atoms with E-state index in [2.05, 4.69) is 190 Å². The zero-order valence-electron chi connectivity index (χ0n) is 29.6. The van der Waals surface area contributed by atoms with E-state index < -0.39 is 0 Å². The fourth-order valence-electron chi connectivity index (χ4n) is 8.77. The highest BCUT2D eigenvalue weighted by Gasteiger charge is 2.21. The van der Waals surface area contributed by atoms with Crippen LogP contribution in [-0.4, -0.2) is 24.1 Å². The summed E-state index contributed by atoms with van der Waals surface area (Å²) in [4.78, 5) is 14.5. The van der Waals surface area contributed by atoms with Crippen LogP contribution < -0.4 is 0 Å². The second kappa shape index (κ2) is 11.5. The third kappa shape index (κ3) is 4.41. The molecule has 0 unspecified atom stereocenters. The van der Waals surface area contributed by atoms with Crippen molar-refractivity contribution in [2.24, 2.45) is 0 Å². The minimum Gasteiger partial charge on any atom is -0.351 e. The van der Waals surface area contributed by atoms with Gasteiger partial charge < -0.3 is 9.55 Å². The monoisotopic (exact) mass is 701 g/mol. The molecule has 12 rings (SSSR count). The standard InChI is InChI=1S/C50H31N5/c1-3-14-32(15-4-1)46-49-48(40-27-23-31-13-7-8-18-36(31)47(40)51-49)53-50(52-46)55-43-22-12-10-20-38(43)41-29-33(25-28-44(41)55)34-24-26-39-37-19-9-11-21-42(37)54(45(39)30-34)35-16-5-2-6-17-35/h1-30,51H. The largest absolute Gasteiger partial charge is 0.351 e. The van der Waals surface area contributed by atoms with Crippen molar-refractivity contribution < 1.29 is 0 Å². The van der Waals surface area contributed by atoms with Gasteiger partial charge in [-0.2, -0.15) is 0 Å². The molecule has 4 heterocycles. The summed E-state index contributed by atoms with van der Waals surface area (Å²) in [5.41, 5.74) is 12.8. The molecule has 1 N–H and O–H groups in total. The van der Waals surface area contributed by atoms with Gasteiger partial charge in [0.1, 0.15) is 11.2 Å². The van der Waals surface area contributed by atoms with Gasteiger partial charge in [0.15, 0.2) is 0 Å². The lowest BCUT2D eigenvalue weighted by atomic mass is 10.0. The van der Waals surface area contributed by atoms with Gasteiger partial charge in [0, 0.05) is 43.6 Å². The molecule has 0 aliphatic carbocycles. The molecule has 0 aliphatic rings. The topological polar surface area (TPSA) is 51.4 Å². The number of benzene rings is 8. The number of para-hydroxylation sites is 3. The molecule has 256 valence electrons. The Morgan fingerprint density at radius 1 is 0.364 bits per heavy atom. The van der Waals surface area contributed by atoms with E-state index in [1.54, 1.807) is 0 Å². The number of hydrogen-bond donors (Lipinski definition) is 1. The van der Waals surface area contributed by atoms with Crippen LogP contribution in [0, 0.1) is 0 Å². The predicted octanol–water partition coefficient (Wildman–Crippen LogP) is 12.8. The highest BCUT2D eigenvalue weighted by molar-refractivity contribution is 6.18. The van der Waals surface area contributed by atoms with Crippen LogP contribution in [0.3, 0.4) is 0 Å². The van der Waals surface area contributed by atoms with E-state index in [4.69, 9.17) is 9.97 Å². The Labute approximate surface area is 315 Å². The van der Waals surface area contributed by atoms with Crippen LogP contribution in [0.1, 0.15) is 0 Å². The van der Waals surface area contributed by atoms with Crippen molar-refractivity contribution in [3.63, 3.8) is 0 Å². The van der Waals surface area contributed by atoms with Gasteiger partial charge >= 0.3 is 0 Å². The molecule has 5 heteroatoms. The van der Waals surface area contributed by atoms with Gasteiger partial charge in [-0.05, 0) is 65.0 Å². The summed E-state index contributed by atoms with van der Waals surface area (Å²) >= 11 is 0. The van der Waals surface area contributed by atoms with Crippen LogP contribution in [0.25, 0.3) is 110 Å². The molecule has 0 amide bonds. The van der Waals surface area contributed by atoms with E-state index in [1.807, 2.05) is 6.07 Å². The first-order valence-electron chi connectivity index (χ1n) is 18.7. The van der Waals surface area contributed by atoms with E-state index in [-0.39, 0.29) is 0 Å². The first-order valence-corrected chi connectivity index (χ1v) is 18.7. The maximum absolute atomic E-state index is 5.39. The number of aromatic nitrogens is 5. The molecule has 4 aromatic heterocycles. The van der Waals surface area contributed by atoms with Crippen molar-refractivity contribution in [3.05, 3.63) is 182 Å². The Morgan fingerprint density at radius 3 is 1.78 bits per heavy atom. The fraction of sp³-hybridized carbons (Fsp3) is 0. The van der Waals surface area contributed by atoms with Gasteiger partial charge in [0.05, 0.1) is 33.1 Å². The summed E-state index contributed by atoms with van der Waals surface area (Å²) in [7, 11) is 0. The average molecular weight is 702 g/mol. The quantitative estimate of drug-likeness (QED) is 0.199. The Kier molecular flexibility index (Phi) is 6.27. The number of hydrogen-bond acceptors (Lipinski definition) is 2. The van der Waals surface area contributed by atoms with Crippen molar-refractivity contribution in [1.82, 2.24) is 24.1 Å². The second-order valence-electron chi connectivity index (χ2n) is 14.3. The molecule has 0 radical (unpaired) electrons. The third-order valence-corrected chi connectivity index (χ3v) is 11.3. The van der Waals surface area contributed by atoms with E-state index in [0.29, 0.717) is 5.95 Å². The van der Waals surface area contributed by atoms with E-state index >= 15 is 0 Å². The van der Waals surface area contributed by atoms with E-state index in [1.165, 1.54) is 38.1 Å². The Morgan fingerprint density at radius 2 is 0.964 bits per heavy atom. The second-order valence-corrected chi connectivity index (χ2v) is 14.3. The van der Waals surface area contributed by atoms with Crippen LogP contribution in [0.15, 0.2) is 182 Å². The summed E-state index contributed by atoms with van der Waals surface area (Å²) in [5, 5.41) is 8.26. The van der Waals surface area contributed by atoms with Gasteiger partial charge in [-0.15, -0.1) is 0 Å². The number of rotatable bonds is 4. The van der Waals surface area contributed by atoms with Gasteiger partial charge in [0.2, 0.25) is 5.95 Å². The van der Waals surface area contributed by atoms with Crippen molar-refractivity contribution in [2.45, 2.75) is 0 Å². The molecule has 0 saturated heterocycles. The minimum absolute atomic E-state index is 0.646. The minimum atomic E-state index is 0.646. The van der Waals surface area contributed by atoms with Gasteiger partial charge in [-0.25, -0.2) is 9.97 Å². The summed E-state index contributed by atoms with van der Waals surface area (Å²) < 4.78 is 4.61. The number of fused-ring (bicyclic) bond motifs is 11. The number of aromatic amines is 1. The van der Waals surface area contributed by atoms with Crippen LogP contribution in [0.5, 0.6) is 0 Å². The summed E-state index contributed by atoms with van der Waals surface area (Å²) in [6.45, 7) is 0. The van der Waals surface area contributed by atoms with E-state index in [9.17, 15) is 0 Å². The molecule has 0 atom stereocenters. The lowest BCUT2D eigenvalue weighted by Crippen LogP contribution is -2.03. The first-order chi connectivity index (χ1) is 27.3. The lowest BCUT2D eigenvalue weighted by Gasteiger charge is -2.11. The average Bonchev–Trinajstić information content (AvgIpc) is 3.91. The molecule has 8 aromatic carbocycles.